The van der Waals surface area contributed by atoms with Crippen LogP contribution in [0, 0.1) is 27.7 Å². The lowest BCUT2D eigenvalue weighted by Gasteiger charge is -2.39. The molecule has 0 radical (unpaired) electrons. The molecule has 0 bridgehead atoms. The van der Waals surface area contributed by atoms with Gasteiger partial charge in [0.25, 0.3) is 0 Å². The molecule has 1 aliphatic carbocycles. The molecule has 0 fully saturated rings. The molecule has 0 aliphatic heterocycles. The molecule has 1 atom stereocenters. The Morgan fingerprint density at radius 2 is 1.00 bits per heavy atom. The zero-order valence-electron chi connectivity index (χ0n) is 20.9. The van der Waals surface area contributed by atoms with E-state index in [-0.39, 0.29) is 5.04 Å². The first-order valence-corrected chi connectivity index (χ1v) is 13.5. The summed E-state index contributed by atoms with van der Waals surface area (Å²) in [5.41, 5.74) is 12.8. The normalized spacial score (nSPS) is 18.8. The first-order valence-electron chi connectivity index (χ1n) is 11.7. The lowest BCUT2D eigenvalue weighted by atomic mass is 9.90. The van der Waals surface area contributed by atoms with E-state index in [4.69, 9.17) is 0 Å². The van der Waals surface area contributed by atoms with Crippen molar-refractivity contribution in [2.75, 3.05) is 0 Å². The van der Waals surface area contributed by atoms with Gasteiger partial charge in [0.2, 0.25) is 0 Å². The molecule has 1 aliphatic rings. The molecule has 164 valence electrons. The number of aryl methyl sites for hydroxylation is 4. The minimum absolute atomic E-state index is 0.00991. The molecule has 0 N–H and O–H groups in total. The minimum Gasteiger partial charge on any atom is -0.0622 e. The van der Waals surface area contributed by atoms with Crippen molar-refractivity contribution in [3.05, 3.63) is 111 Å². The molecule has 0 nitrogen and oxygen atoms in total. The van der Waals surface area contributed by atoms with Gasteiger partial charge in [-0.05, 0) is 70.7 Å². The third-order valence-electron chi connectivity index (χ3n) is 7.59. The van der Waals surface area contributed by atoms with Crippen LogP contribution in [0.15, 0.2) is 83.4 Å². The Kier molecular flexibility index (Phi) is 5.90. The van der Waals surface area contributed by atoms with Crippen molar-refractivity contribution >= 4 is 24.7 Å². The van der Waals surface area contributed by atoms with E-state index in [1.807, 2.05) is 0 Å². The molecule has 1 unspecified atom stereocenters. The van der Waals surface area contributed by atoms with Crippen LogP contribution in [-0.4, -0.2) is 8.80 Å². The van der Waals surface area contributed by atoms with E-state index in [1.165, 1.54) is 44.5 Å². The molecule has 0 saturated carbocycles. The molecule has 0 saturated heterocycles. The van der Waals surface area contributed by atoms with E-state index >= 15 is 0 Å². The van der Waals surface area contributed by atoms with Crippen molar-refractivity contribution in [3.8, 4) is 0 Å². The Bertz CT molecular complexity index is 1150. The molecular formula is C31H36Si. The number of hydrogen-bond acceptors (Lipinski definition) is 0. The van der Waals surface area contributed by atoms with E-state index in [1.54, 1.807) is 15.9 Å². The van der Waals surface area contributed by atoms with Gasteiger partial charge in [-0.1, -0.05) is 112 Å². The lowest BCUT2D eigenvalue weighted by molar-refractivity contribution is 0.901. The largest absolute Gasteiger partial charge is 0.117 e. The summed E-state index contributed by atoms with van der Waals surface area (Å²) in [6.07, 6.45) is 0. The molecule has 4 rings (SSSR count). The summed E-state index contributed by atoms with van der Waals surface area (Å²) in [6, 6.07) is 25.6. The number of benzene rings is 3. The van der Waals surface area contributed by atoms with Gasteiger partial charge < -0.3 is 0 Å². The van der Waals surface area contributed by atoms with Crippen LogP contribution in [0.4, 0.5) is 0 Å². The van der Waals surface area contributed by atoms with Gasteiger partial charge in [0.05, 0.1) is 0 Å². The predicted octanol–water partition coefficient (Wildman–Crippen LogP) is 6.85. The zero-order chi connectivity index (χ0) is 23.2. The standard InChI is InChI=1S/C31H36Si/c1-20-14-21(2)17-28(16-20)32(29-18-22(3)15-23(4)19-29)31(8)26(7)24(5)25(6)30(31)27-12-10-9-11-13-27/h9-19,32H,1-8H3. The van der Waals surface area contributed by atoms with Gasteiger partial charge >= 0.3 is 0 Å². The molecule has 3 aromatic carbocycles. The van der Waals surface area contributed by atoms with E-state index in [0.717, 1.165) is 0 Å². The Labute approximate surface area is 196 Å². The van der Waals surface area contributed by atoms with Crippen LogP contribution in [0.5, 0.6) is 0 Å². The molecule has 3 aromatic rings. The van der Waals surface area contributed by atoms with Crippen LogP contribution < -0.4 is 10.4 Å². The Hall–Kier alpha value is -2.64. The zero-order valence-corrected chi connectivity index (χ0v) is 22.1. The number of rotatable bonds is 4. The van der Waals surface area contributed by atoms with Crippen LogP contribution in [0.25, 0.3) is 5.57 Å². The smallest absolute Gasteiger partial charge is 0.0622 e. The van der Waals surface area contributed by atoms with Crippen molar-refractivity contribution in [3.63, 3.8) is 0 Å². The summed E-state index contributed by atoms with van der Waals surface area (Å²) in [5.74, 6) is 0. The second-order valence-electron chi connectivity index (χ2n) is 10.1. The summed E-state index contributed by atoms with van der Waals surface area (Å²) in [5, 5.41) is 3.10. The Morgan fingerprint density at radius 3 is 1.44 bits per heavy atom. The van der Waals surface area contributed by atoms with Crippen LogP contribution in [0.2, 0.25) is 5.04 Å². The maximum atomic E-state index is 2.54. The monoisotopic (exact) mass is 436 g/mol. The van der Waals surface area contributed by atoms with Gasteiger partial charge in [0.1, 0.15) is 8.80 Å². The van der Waals surface area contributed by atoms with E-state index < -0.39 is 8.80 Å². The van der Waals surface area contributed by atoms with Crippen LogP contribution in [0.1, 0.15) is 55.5 Å². The van der Waals surface area contributed by atoms with Crippen molar-refractivity contribution in [2.45, 2.75) is 60.4 Å². The molecule has 32 heavy (non-hydrogen) atoms. The molecule has 0 spiro atoms. The molecule has 1 heteroatoms. The highest BCUT2D eigenvalue weighted by Crippen LogP contribution is 2.58. The van der Waals surface area contributed by atoms with Crippen molar-refractivity contribution in [1.82, 2.24) is 0 Å². The first-order chi connectivity index (χ1) is 15.1. The fraction of sp³-hybridized carbons (Fsp3) is 0.290. The van der Waals surface area contributed by atoms with Crippen LogP contribution in [0.3, 0.4) is 0 Å². The van der Waals surface area contributed by atoms with Gasteiger partial charge in [-0.15, -0.1) is 0 Å². The highest BCUT2D eigenvalue weighted by atomic mass is 28.3. The van der Waals surface area contributed by atoms with Crippen LogP contribution in [-0.2, 0) is 0 Å². The summed E-state index contributed by atoms with van der Waals surface area (Å²) in [7, 11) is -1.71. The molecule has 0 aromatic heterocycles. The average molecular weight is 437 g/mol. The van der Waals surface area contributed by atoms with Crippen molar-refractivity contribution in [2.24, 2.45) is 0 Å². The fourth-order valence-electron chi connectivity index (χ4n) is 6.13. The fourth-order valence-corrected chi connectivity index (χ4v) is 10.9. The highest BCUT2D eigenvalue weighted by Gasteiger charge is 2.47. The van der Waals surface area contributed by atoms with Gasteiger partial charge in [-0.2, -0.15) is 0 Å². The summed E-state index contributed by atoms with van der Waals surface area (Å²) < 4.78 is 0. The van der Waals surface area contributed by atoms with E-state index in [2.05, 4.69) is 122 Å². The highest BCUT2D eigenvalue weighted by molar-refractivity contribution is 6.90. The topological polar surface area (TPSA) is 0 Å². The van der Waals surface area contributed by atoms with Crippen molar-refractivity contribution in [1.29, 1.82) is 0 Å². The third kappa shape index (κ3) is 3.73. The van der Waals surface area contributed by atoms with Gasteiger partial charge in [-0.25, -0.2) is 0 Å². The Balaban J connectivity index is 2.07. The van der Waals surface area contributed by atoms with Gasteiger partial charge in [-0.3, -0.25) is 0 Å². The second-order valence-corrected chi connectivity index (χ2v) is 13.4. The molecule has 0 amide bonds. The summed E-state index contributed by atoms with van der Waals surface area (Å²) in [4.78, 5) is 0. The third-order valence-corrected chi connectivity index (χ3v) is 11.5. The van der Waals surface area contributed by atoms with E-state index in [0.29, 0.717) is 0 Å². The van der Waals surface area contributed by atoms with Crippen LogP contribution >= 0.6 is 0 Å². The Morgan fingerprint density at radius 1 is 0.562 bits per heavy atom. The average Bonchev–Trinajstić information content (AvgIpc) is 2.88. The second kappa shape index (κ2) is 8.37. The number of allylic oxidation sites excluding steroid dienone is 4. The van der Waals surface area contributed by atoms with Gasteiger partial charge in [0, 0.05) is 5.04 Å². The predicted molar refractivity (Wildman–Crippen MR) is 144 cm³/mol. The molecule has 0 heterocycles. The summed E-state index contributed by atoms with van der Waals surface area (Å²) in [6.45, 7) is 18.6. The first kappa shape index (κ1) is 22.5. The minimum atomic E-state index is -1.71. The summed E-state index contributed by atoms with van der Waals surface area (Å²) >= 11 is 0. The van der Waals surface area contributed by atoms with Gasteiger partial charge in [0.15, 0.2) is 0 Å². The lowest BCUT2D eigenvalue weighted by Crippen LogP contribution is -2.52. The maximum absolute atomic E-state index is 2.54. The van der Waals surface area contributed by atoms with Crippen molar-refractivity contribution < 1.29 is 0 Å². The number of hydrogen-bond donors (Lipinski definition) is 0. The quantitative estimate of drug-likeness (QED) is 0.393. The SMILES string of the molecule is CC1=C(C)C(C)([SiH](c2cc(C)cc(C)c2)c2cc(C)cc(C)c2)C(c2ccccc2)=C1C. The maximum Gasteiger partial charge on any atom is 0.117 e. The van der Waals surface area contributed by atoms with E-state index in [9.17, 15) is 0 Å². The molecular weight excluding hydrogens is 400 g/mol.